The van der Waals surface area contributed by atoms with E-state index < -0.39 is 0 Å². The van der Waals surface area contributed by atoms with Gasteiger partial charge in [0.1, 0.15) is 0 Å². The van der Waals surface area contributed by atoms with Crippen LogP contribution in [-0.4, -0.2) is 40.0 Å². The number of aryl methyl sites for hydroxylation is 2. The SMILES string of the molecule is COCCNCc1cn(CCc2ncno2)cn1. The molecule has 2 rings (SSSR count). The van der Waals surface area contributed by atoms with Crippen LogP contribution in [0, 0.1) is 0 Å². The van der Waals surface area contributed by atoms with Crippen LogP contribution in [0.15, 0.2) is 23.4 Å². The zero-order valence-corrected chi connectivity index (χ0v) is 10.4. The van der Waals surface area contributed by atoms with E-state index in [1.165, 1.54) is 6.33 Å². The molecule has 0 aliphatic carbocycles. The molecule has 0 unspecified atom stereocenters. The molecule has 1 N–H and O–H groups in total. The van der Waals surface area contributed by atoms with E-state index >= 15 is 0 Å². The largest absolute Gasteiger partial charge is 0.383 e. The third-order valence-electron chi connectivity index (χ3n) is 2.47. The number of nitrogens with one attached hydrogen (secondary N) is 1. The first kappa shape index (κ1) is 12.7. The minimum absolute atomic E-state index is 0.642. The molecular formula is C11H17N5O2. The van der Waals surface area contributed by atoms with Crippen molar-refractivity contribution in [3.05, 3.63) is 30.4 Å². The molecule has 2 aromatic heterocycles. The average molecular weight is 251 g/mol. The van der Waals surface area contributed by atoms with Gasteiger partial charge in [-0.25, -0.2) is 4.98 Å². The zero-order valence-electron chi connectivity index (χ0n) is 10.4. The summed E-state index contributed by atoms with van der Waals surface area (Å²) in [6.45, 7) is 3.06. The molecule has 0 aliphatic heterocycles. The van der Waals surface area contributed by atoms with Gasteiger partial charge in [0.15, 0.2) is 6.33 Å². The quantitative estimate of drug-likeness (QED) is 0.677. The van der Waals surface area contributed by atoms with Crippen molar-refractivity contribution in [1.82, 2.24) is 25.0 Å². The second-order valence-electron chi connectivity index (χ2n) is 3.86. The lowest BCUT2D eigenvalue weighted by molar-refractivity contribution is 0.199. The molecule has 0 saturated carbocycles. The fourth-order valence-electron chi connectivity index (χ4n) is 1.54. The highest BCUT2D eigenvalue weighted by molar-refractivity contribution is 4.96. The van der Waals surface area contributed by atoms with Crippen molar-refractivity contribution in [2.24, 2.45) is 0 Å². The smallest absolute Gasteiger partial charge is 0.228 e. The van der Waals surface area contributed by atoms with E-state index in [0.29, 0.717) is 18.9 Å². The van der Waals surface area contributed by atoms with Crippen molar-refractivity contribution >= 4 is 0 Å². The van der Waals surface area contributed by atoms with E-state index in [-0.39, 0.29) is 0 Å². The summed E-state index contributed by atoms with van der Waals surface area (Å²) in [5, 5.41) is 6.81. The Balaban J connectivity index is 1.72. The maximum atomic E-state index is 4.95. The van der Waals surface area contributed by atoms with Crippen molar-refractivity contribution < 1.29 is 9.26 Å². The fraction of sp³-hybridized carbons (Fsp3) is 0.545. The molecule has 0 atom stereocenters. The number of methoxy groups -OCH3 is 1. The van der Waals surface area contributed by atoms with E-state index in [0.717, 1.165) is 25.3 Å². The molecule has 0 spiro atoms. The minimum atomic E-state index is 0.642. The highest BCUT2D eigenvalue weighted by atomic mass is 16.5. The van der Waals surface area contributed by atoms with Gasteiger partial charge >= 0.3 is 0 Å². The standard InChI is InChI=1S/C11H17N5O2/c1-17-5-3-12-6-10-7-16(9-14-10)4-2-11-13-8-15-18-11/h7-9,12H,2-6H2,1H3. The molecular weight excluding hydrogens is 234 g/mol. The maximum absolute atomic E-state index is 4.95. The van der Waals surface area contributed by atoms with Crippen molar-refractivity contribution in [2.75, 3.05) is 20.3 Å². The fourth-order valence-corrected chi connectivity index (χ4v) is 1.54. The minimum Gasteiger partial charge on any atom is -0.383 e. The first-order valence-corrected chi connectivity index (χ1v) is 5.84. The molecule has 7 heteroatoms. The van der Waals surface area contributed by atoms with Gasteiger partial charge < -0.3 is 19.1 Å². The lowest BCUT2D eigenvalue weighted by Gasteiger charge is -2.00. The van der Waals surface area contributed by atoms with Crippen LogP contribution in [0.4, 0.5) is 0 Å². The van der Waals surface area contributed by atoms with Crippen LogP contribution in [0.3, 0.4) is 0 Å². The normalized spacial score (nSPS) is 10.9. The zero-order chi connectivity index (χ0) is 12.6. The summed E-state index contributed by atoms with van der Waals surface area (Å²) in [4.78, 5) is 8.28. The van der Waals surface area contributed by atoms with Gasteiger partial charge in [-0.15, -0.1) is 0 Å². The summed E-state index contributed by atoms with van der Waals surface area (Å²) in [6, 6.07) is 0. The topological polar surface area (TPSA) is 78.0 Å². The third-order valence-corrected chi connectivity index (χ3v) is 2.47. The predicted molar refractivity (Wildman–Crippen MR) is 63.8 cm³/mol. The van der Waals surface area contributed by atoms with Crippen LogP contribution in [0.2, 0.25) is 0 Å². The first-order chi connectivity index (χ1) is 8.88. The number of hydrogen-bond acceptors (Lipinski definition) is 6. The summed E-state index contributed by atoms with van der Waals surface area (Å²) in [5.41, 5.74) is 1.01. The maximum Gasteiger partial charge on any atom is 0.228 e. The monoisotopic (exact) mass is 251 g/mol. The van der Waals surface area contributed by atoms with Crippen molar-refractivity contribution in [3.8, 4) is 0 Å². The van der Waals surface area contributed by atoms with Gasteiger partial charge in [0.05, 0.1) is 18.6 Å². The molecule has 18 heavy (non-hydrogen) atoms. The van der Waals surface area contributed by atoms with Crippen molar-refractivity contribution in [2.45, 2.75) is 19.5 Å². The number of hydrogen-bond donors (Lipinski definition) is 1. The molecule has 7 nitrogen and oxygen atoms in total. The van der Waals surface area contributed by atoms with Crippen LogP contribution >= 0.6 is 0 Å². The van der Waals surface area contributed by atoms with Crippen LogP contribution in [0.5, 0.6) is 0 Å². The Morgan fingerprint density at radius 3 is 3.17 bits per heavy atom. The number of nitrogens with zero attached hydrogens (tertiary/aromatic N) is 4. The van der Waals surface area contributed by atoms with Gasteiger partial charge in [-0.3, -0.25) is 0 Å². The van der Waals surface area contributed by atoms with Gasteiger partial charge in [-0.05, 0) is 0 Å². The summed E-state index contributed by atoms with van der Waals surface area (Å²) in [5.74, 6) is 0.642. The van der Waals surface area contributed by atoms with E-state index in [9.17, 15) is 0 Å². The van der Waals surface area contributed by atoms with Gasteiger partial charge in [0.25, 0.3) is 0 Å². The molecule has 2 heterocycles. The van der Waals surface area contributed by atoms with Gasteiger partial charge in [0.2, 0.25) is 5.89 Å². The average Bonchev–Trinajstić information content (AvgIpc) is 3.03. The number of aromatic nitrogens is 4. The van der Waals surface area contributed by atoms with Crippen LogP contribution in [0.1, 0.15) is 11.6 Å². The molecule has 0 fully saturated rings. The number of ether oxygens (including phenoxy) is 1. The molecule has 2 aromatic rings. The van der Waals surface area contributed by atoms with Gasteiger partial charge in [-0.2, -0.15) is 4.98 Å². The van der Waals surface area contributed by atoms with Crippen LogP contribution in [0.25, 0.3) is 0 Å². The molecule has 0 saturated heterocycles. The van der Waals surface area contributed by atoms with E-state index in [1.54, 1.807) is 7.11 Å². The van der Waals surface area contributed by atoms with Crippen molar-refractivity contribution in [3.63, 3.8) is 0 Å². The Bertz CT molecular complexity index is 440. The molecule has 0 aromatic carbocycles. The molecule has 0 amide bonds. The Morgan fingerprint density at radius 1 is 1.44 bits per heavy atom. The first-order valence-electron chi connectivity index (χ1n) is 5.84. The molecule has 0 bridgehead atoms. The second-order valence-corrected chi connectivity index (χ2v) is 3.86. The number of imidazole rings is 1. The van der Waals surface area contributed by atoms with Gasteiger partial charge in [-0.1, -0.05) is 5.16 Å². The highest BCUT2D eigenvalue weighted by Crippen LogP contribution is 1.99. The second kappa shape index (κ2) is 6.87. The van der Waals surface area contributed by atoms with Crippen LogP contribution < -0.4 is 5.32 Å². The molecule has 0 radical (unpaired) electrons. The Morgan fingerprint density at radius 2 is 2.39 bits per heavy atom. The summed E-state index contributed by atoms with van der Waals surface area (Å²) < 4.78 is 11.9. The predicted octanol–water partition coefficient (Wildman–Crippen LogP) is 0.245. The Labute approximate surface area is 105 Å². The van der Waals surface area contributed by atoms with E-state index in [2.05, 4.69) is 20.4 Å². The third kappa shape index (κ3) is 3.94. The van der Waals surface area contributed by atoms with E-state index in [4.69, 9.17) is 9.26 Å². The molecule has 0 aliphatic rings. The van der Waals surface area contributed by atoms with E-state index in [1.807, 2.05) is 17.1 Å². The summed E-state index contributed by atoms with van der Waals surface area (Å²) >= 11 is 0. The highest BCUT2D eigenvalue weighted by Gasteiger charge is 2.02. The van der Waals surface area contributed by atoms with Crippen LogP contribution in [-0.2, 0) is 24.2 Å². The number of rotatable bonds is 8. The molecule has 98 valence electrons. The summed E-state index contributed by atoms with van der Waals surface area (Å²) in [7, 11) is 1.69. The lowest BCUT2D eigenvalue weighted by Crippen LogP contribution is -2.18. The summed E-state index contributed by atoms with van der Waals surface area (Å²) in [6.07, 6.45) is 5.95. The lowest BCUT2D eigenvalue weighted by atomic mass is 10.4. The Kier molecular flexibility index (Phi) is 4.86. The Hall–Kier alpha value is -1.73. The van der Waals surface area contributed by atoms with Gasteiger partial charge in [0, 0.05) is 39.4 Å². The van der Waals surface area contributed by atoms with Crippen molar-refractivity contribution in [1.29, 1.82) is 0 Å².